The first kappa shape index (κ1) is 21.5. The highest BCUT2D eigenvalue weighted by molar-refractivity contribution is 7.92. The van der Waals surface area contributed by atoms with E-state index in [0.717, 1.165) is 18.4 Å². The number of aromatic nitrogens is 1. The van der Waals surface area contributed by atoms with Crippen molar-refractivity contribution >= 4 is 50.0 Å². The Kier molecular flexibility index (Phi) is 5.34. The molecular weight excluding hydrogens is 462 g/mol. The second-order valence-electron chi connectivity index (χ2n) is 7.82. The van der Waals surface area contributed by atoms with Gasteiger partial charge < -0.3 is 9.73 Å². The zero-order valence-corrected chi connectivity index (χ0v) is 19.3. The minimum Gasteiger partial charge on any atom is -0.441 e. The second-order valence-corrected chi connectivity index (χ2v) is 10.1. The van der Waals surface area contributed by atoms with E-state index in [4.69, 9.17) is 16.0 Å². The molecule has 0 aliphatic carbocycles. The van der Waals surface area contributed by atoms with Gasteiger partial charge in [0.15, 0.2) is 11.5 Å². The molecule has 1 aliphatic rings. The van der Waals surface area contributed by atoms with Crippen LogP contribution in [0.15, 0.2) is 70.0 Å². The summed E-state index contributed by atoms with van der Waals surface area (Å²) < 4.78 is 33.8. The molecule has 1 aliphatic heterocycles. The van der Waals surface area contributed by atoms with Gasteiger partial charge in [-0.3, -0.25) is 9.10 Å². The van der Waals surface area contributed by atoms with Gasteiger partial charge in [0.2, 0.25) is 0 Å². The third kappa shape index (κ3) is 3.96. The first-order valence-electron chi connectivity index (χ1n) is 10.4. The van der Waals surface area contributed by atoms with Gasteiger partial charge in [0, 0.05) is 19.2 Å². The minimum atomic E-state index is -3.87. The van der Waals surface area contributed by atoms with Crippen molar-refractivity contribution in [2.24, 2.45) is 0 Å². The van der Waals surface area contributed by atoms with Gasteiger partial charge in [-0.05, 0) is 60.9 Å². The van der Waals surface area contributed by atoms with Crippen LogP contribution in [-0.4, -0.2) is 25.9 Å². The molecule has 1 amide bonds. The third-order valence-corrected chi connectivity index (χ3v) is 7.73. The van der Waals surface area contributed by atoms with Gasteiger partial charge in [0.05, 0.1) is 21.2 Å². The molecule has 2 heterocycles. The predicted molar refractivity (Wildman–Crippen MR) is 127 cm³/mol. The topological polar surface area (TPSA) is 92.5 Å². The van der Waals surface area contributed by atoms with Crippen LogP contribution in [0.2, 0.25) is 5.02 Å². The molecule has 1 aromatic heterocycles. The fourth-order valence-corrected chi connectivity index (χ4v) is 5.80. The molecule has 0 unspecified atom stereocenters. The van der Waals surface area contributed by atoms with Gasteiger partial charge in [-0.2, -0.15) is 0 Å². The minimum absolute atomic E-state index is 0.0105. The van der Waals surface area contributed by atoms with Crippen molar-refractivity contribution in [1.29, 1.82) is 0 Å². The molecule has 9 heteroatoms. The molecule has 0 radical (unpaired) electrons. The smallest absolute Gasteiger partial charge is 0.264 e. The molecule has 7 nitrogen and oxygen atoms in total. The van der Waals surface area contributed by atoms with E-state index in [1.165, 1.54) is 22.5 Å². The van der Waals surface area contributed by atoms with Crippen molar-refractivity contribution in [3.05, 3.63) is 82.7 Å². The molecule has 168 valence electrons. The maximum Gasteiger partial charge on any atom is 0.264 e. The number of carbonyl (C=O) groups is 1. The Bertz CT molecular complexity index is 1500. The second kappa shape index (κ2) is 8.20. The number of amides is 1. The average Bonchev–Trinajstić information content (AvgIpc) is 3.18. The molecule has 5 rings (SSSR count). The number of aryl methyl sites for hydroxylation is 2. The number of nitrogens with zero attached hydrogens (tertiary/aromatic N) is 2. The zero-order chi connectivity index (χ0) is 23.2. The largest absolute Gasteiger partial charge is 0.441 e. The standard InChI is InChI=1S/C24H20ClN3O4S/c1-15-26-21-13-17(8-11-23(21)32-15)27-24(29)19-14-18(9-10-20(19)25)33(30,31)28-12-4-6-16-5-2-3-7-22(16)28/h2-3,5,7-11,13-14H,4,6,12H2,1H3,(H,27,29). The first-order chi connectivity index (χ1) is 15.8. The predicted octanol–water partition coefficient (Wildman–Crippen LogP) is 5.18. The van der Waals surface area contributed by atoms with Crippen molar-refractivity contribution < 1.29 is 17.6 Å². The quantitative estimate of drug-likeness (QED) is 0.433. The average molecular weight is 482 g/mol. The molecule has 0 saturated heterocycles. The summed E-state index contributed by atoms with van der Waals surface area (Å²) in [5, 5.41) is 2.92. The lowest BCUT2D eigenvalue weighted by molar-refractivity contribution is 0.102. The van der Waals surface area contributed by atoms with Gasteiger partial charge >= 0.3 is 0 Å². The number of hydrogen-bond donors (Lipinski definition) is 1. The Morgan fingerprint density at radius 3 is 2.79 bits per heavy atom. The highest BCUT2D eigenvalue weighted by Crippen LogP contribution is 2.33. The first-order valence-corrected chi connectivity index (χ1v) is 12.2. The number of hydrogen-bond acceptors (Lipinski definition) is 5. The van der Waals surface area contributed by atoms with Crippen molar-refractivity contribution in [3.63, 3.8) is 0 Å². The molecule has 3 aromatic carbocycles. The van der Waals surface area contributed by atoms with Crippen molar-refractivity contribution in [1.82, 2.24) is 4.98 Å². The van der Waals surface area contributed by atoms with Crippen LogP contribution in [0.5, 0.6) is 0 Å². The summed E-state index contributed by atoms with van der Waals surface area (Å²) in [6, 6.07) is 16.7. The van der Waals surface area contributed by atoms with Crippen LogP contribution in [0.1, 0.15) is 28.2 Å². The van der Waals surface area contributed by atoms with Gasteiger partial charge in [-0.15, -0.1) is 0 Å². The van der Waals surface area contributed by atoms with Crippen LogP contribution in [-0.2, 0) is 16.4 Å². The lowest BCUT2D eigenvalue weighted by atomic mass is 10.0. The van der Waals surface area contributed by atoms with Crippen LogP contribution in [0.25, 0.3) is 11.1 Å². The van der Waals surface area contributed by atoms with Gasteiger partial charge in [0.25, 0.3) is 15.9 Å². The fraction of sp³-hybridized carbons (Fsp3) is 0.167. The Hall–Kier alpha value is -3.36. The molecule has 0 saturated carbocycles. The van der Waals surface area contributed by atoms with Crippen molar-refractivity contribution in [3.8, 4) is 0 Å². The van der Waals surface area contributed by atoms with Crippen LogP contribution >= 0.6 is 11.6 Å². The molecule has 4 aromatic rings. The van der Waals surface area contributed by atoms with E-state index in [1.54, 1.807) is 31.2 Å². The maximum atomic E-state index is 13.5. The molecular formula is C24H20ClN3O4S. The van der Waals surface area contributed by atoms with E-state index in [0.29, 0.717) is 34.9 Å². The number of benzene rings is 3. The summed E-state index contributed by atoms with van der Waals surface area (Å²) in [7, 11) is -3.87. The summed E-state index contributed by atoms with van der Waals surface area (Å²) in [6.45, 7) is 2.12. The van der Waals surface area contributed by atoms with Gasteiger partial charge in [-0.1, -0.05) is 29.8 Å². The highest BCUT2D eigenvalue weighted by atomic mass is 35.5. The van der Waals surface area contributed by atoms with E-state index < -0.39 is 15.9 Å². The van der Waals surface area contributed by atoms with E-state index in [1.807, 2.05) is 18.2 Å². The molecule has 0 atom stereocenters. The molecule has 0 fully saturated rings. The number of rotatable bonds is 4. The lowest BCUT2D eigenvalue weighted by Crippen LogP contribution is -2.35. The lowest BCUT2D eigenvalue weighted by Gasteiger charge is -2.30. The normalized spacial score (nSPS) is 13.7. The van der Waals surface area contributed by atoms with Gasteiger partial charge in [0.1, 0.15) is 5.52 Å². The molecule has 0 bridgehead atoms. The van der Waals surface area contributed by atoms with E-state index in [-0.39, 0.29) is 15.5 Å². The number of fused-ring (bicyclic) bond motifs is 2. The number of halogens is 1. The Balaban J connectivity index is 1.47. The highest BCUT2D eigenvalue weighted by Gasteiger charge is 2.30. The van der Waals surface area contributed by atoms with Crippen LogP contribution in [0.4, 0.5) is 11.4 Å². The Labute approximate surface area is 196 Å². The van der Waals surface area contributed by atoms with E-state index in [9.17, 15) is 13.2 Å². The summed E-state index contributed by atoms with van der Waals surface area (Å²) in [5.74, 6) is 0.00405. The number of sulfonamides is 1. The fourth-order valence-electron chi connectivity index (χ4n) is 4.03. The molecule has 1 N–H and O–H groups in total. The zero-order valence-electron chi connectivity index (χ0n) is 17.7. The number of nitrogens with one attached hydrogen (secondary N) is 1. The SMILES string of the molecule is Cc1nc2cc(NC(=O)c3cc(S(=O)(=O)N4CCCc5ccccc54)ccc3Cl)ccc2o1. The van der Waals surface area contributed by atoms with E-state index >= 15 is 0 Å². The summed E-state index contributed by atoms with van der Waals surface area (Å²) in [5.41, 5.74) is 3.43. The summed E-state index contributed by atoms with van der Waals surface area (Å²) >= 11 is 6.28. The molecule has 33 heavy (non-hydrogen) atoms. The summed E-state index contributed by atoms with van der Waals surface area (Å²) in [6.07, 6.45) is 1.55. The number of para-hydroxylation sites is 1. The van der Waals surface area contributed by atoms with Crippen molar-refractivity contribution in [2.45, 2.75) is 24.7 Å². The summed E-state index contributed by atoms with van der Waals surface area (Å²) in [4.78, 5) is 17.3. The Morgan fingerprint density at radius 1 is 1.12 bits per heavy atom. The maximum absolute atomic E-state index is 13.5. The number of oxazole rings is 1. The van der Waals surface area contributed by atoms with Gasteiger partial charge in [-0.25, -0.2) is 13.4 Å². The monoisotopic (exact) mass is 481 g/mol. The third-order valence-electron chi connectivity index (χ3n) is 5.59. The Morgan fingerprint density at radius 2 is 1.94 bits per heavy atom. The molecule has 0 spiro atoms. The number of carbonyl (C=O) groups excluding carboxylic acids is 1. The van der Waals surface area contributed by atoms with Crippen LogP contribution in [0, 0.1) is 6.92 Å². The van der Waals surface area contributed by atoms with Crippen LogP contribution in [0.3, 0.4) is 0 Å². The van der Waals surface area contributed by atoms with E-state index in [2.05, 4.69) is 10.3 Å². The van der Waals surface area contributed by atoms with Crippen molar-refractivity contribution in [2.75, 3.05) is 16.2 Å². The van der Waals surface area contributed by atoms with Crippen LogP contribution < -0.4 is 9.62 Å². The number of anilines is 2.